The molecular formula is C17H19NOS. The number of thioether (sulfide) groups is 1. The number of anilines is 1. The predicted octanol–water partition coefficient (Wildman–Crippen LogP) is 4.24. The lowest BCUT2D eigenvalue weighted by Crippen LogP contribution is -2.15. The van der Waals surface area contributed by atoms with Crippen molar-refractivity contribution in [2.24, 2.45) is 0 Å². The Kier molecular flexibility index (Phi) is 3.88. The lowest BCUT2D eigenvalue weighted by atomic mass is 9.95. The molecule has 2 aromatic rings. The fraction of sp³-hybridized carbons (Fsp3) is 0.294. The van der Waals surface area contributed by atoms with Crippen LogP contribution < -0.4 is 10.5 Å². The van der Waals surface area contributed by atoms with E-state index in [9.17, 15) is 0 Å². The van der Waals surface area contributed by atoms with Crippen LogP contribution in [0.3, 0.4) is 0 Å². The summed E-state index contributed by atoms with van der Waals surface area (Å²) in [5, 5.41) is 0. The predicted molar refractivity (Wildman–Crippen MR) is 85.6 cm³/mol. The van der Waals surface area contributed by atoms with Crippen LogP contribution in [0.15, 0.2) is 47.4 Å². The van der Waals surface area contributed by atoms with E-state index in [1.807, 2.05) is 30.0 Å². The van der Waals surface area contributed by atoms with Gasteiger partial charge in [0.05, 0.1) is 6.61 Å². The third kappa shape index (κ3) is 2.63. The van der Waals surface area contributed by atoms with E-state index in [-0.39, 0.29) is 0 Å². The first-order valence-corrected chi connectivity index (χ1v) is 7.94. The molecule has 2 N–H and O–H groups in total. The summed E-state index contributed by atoms with van der Waals surface area (Å²) in [6.07, 6.45) is 1.09. The summed E-state index contributed by atoms with van der Waals surface area (Å²) < 4.78 is 5.72. The van der Waals surface area contributed by atoms with Gasteiger partial charge in [-0.2, -0.15) is 0 Å². The number of hydrogen-bond acceptors (Lipinski definition) is 3. The molecule has 0 aromatic heterocycles. The normalized spacial score (nSPS) is 17.4. The van der Waals surface area contributed by atoms with Gasteiger partial charge >= 0.3 is 0 Å². The topological polar surface area (TPSA) is 35.2 Å². The van der Waals surface area contributed by atoms with Crippen molar-refractivity contribution in [1.82, 2.24) is 0 Å². The Balaban J connectivity index is 1.75. The second-order valence-corrected chi connectivity index (χ2v) is 6.22. The molecule has 1 aliphatic heterocycles. The molecule has 1 unspecified atom stereocenters. The molecule has 1 aliphatic rings. The standard InChI is InChI=1S/C17H19NOS/c1-12-15(18)6-4-8-17(12)20-11-13-9-10-19-16-7-3-2-5-14(13)16/h2-8,13H,9-11,18H2,1H3. The molecule has 104 valence electrons. The smallest absolute Gasteiger partial charge is 0.122 e. The van der Waals surface area contributed by atoms with Crippen molar-refractivity contribution in [2.75, 3.05) is 18.1 Å². The number of ether oxygens (including phenoxy) is 1. The number of benzene rings is 2. The second-order valence-electron chi connectivity index (χ2n) is 5.15. The summed E-state index contributed by atoms with van der Waals surface area (Å²) in [4.78, 5) is 1.29. The maximum atomic E-state index is 5.97. The molecule has 0 bridgehead atoms. The molecule has 0 amide bonds. The van der Waals surface area contributed by atoms with Gasteiger partial charge in [0.25, 0.3) is 0 Å². The minimum atomic E-state index is 0.561. The van der Waals surface area contributed by atoms with E-state index < -0.39 is 0 Å². The van der Waals surface area contributed by atoms with Gasteiger partial charge in [0, 0.05) is 22.3 Å². The van der Waals surface area contributed by atoms with Crippen molar-refractivity contribution in [3.63, 3.8) is 0 Å². The van der Waals surface area contributed by atoms with Gasteiger partial charge in [-0.15, -0.1) is 11.8 Å². The molecule has 0 saturated heterocycles. The molecule has 0 fully saturated rings. The van der Waals surface area contributed by atoms with E-state index in [4.69, 9.17) is 10.5 Å². The number of fused-ring (bicyclic) bond motifs is 1. The zero-order chi connectivity index (χ0) is 13.9. The Morgan fingerprint density at radius 2 is 2.05 bits per heavy atom. The molecule has 3 rings (SSSR count). The second kappa shape index (κ2) is 5.80. The van der Waals surface area contributed by atoms with Crippen molar-refractivity contribution in [1.29, 1.82) is 0 Å². The molecule has 20 heavy (non-hydrogen) atoms. The van der Waals surface area contributed by atoms with Crippen LogP contribution in [0.5, 0.6) is 5.75 Å². The summed E-state index contributed by atoms with van der Waals surface area (Å²) in [5.74, 6) is 2.68. The molecule has 0 spiro atoms. The van der Waals surface area contributed by atoms with Crippen LogP contribution in [-0.4, -0.2) is 12.4 Å². The van der Waals surface area contributed by atoms with Crippen molar-refractivity contribution in [3.05, 3.63) is 53.6 Å². The Morgan fingerprint density at radius 3 is 2.95 bits per heavy atom. The molecule has 2 nitrogen and oxygen atoms in total. The monoisotopic (exact) mass is 285 g/mol. The van der Waals surface area contributed by atoms with E-state index in [0.29, 0.717) is 5.92 Å². The van der Waals surface area contributed by atoms with E-state index >= 15 is 0 Å². The maximum Gasteiger partial charge on any atom is 0.122 e. The van der Waals surface area contributed by atoms with Gasteiger partial charge in [0.1, 0.15) is 5.75 Å². The highest BCUT2D eigenvalue weighted by Gasteiger charge is 2.21. The number of para-hydroxylation sites is 1. The quantitative estimate of drug-likeness (QED) is 0.677. The molecule has 2 aromatic carbocycles. The Labute approximate surface area is 124 Å². The van der Waals surface area contributed by atoms with Crippen LogP contribution in [0.25, 0.3) is 0 Å². The van der Waals surface area contributed by atoms with Crippen molar-refractivity contribution >= 4 is 17.4 Å². The van der Waals surface area contributed by atoms with Crippen LogP contribution >= 0.6 is 11.8 Å². The van der Waals surface area contributed by atoms with E-state index in [1.54, 1.807) is 0 Å². The number of rotatable bonds is 3. The number of nitrogens with two attached hydrogens (primary N) is 1. The van der Waals surface area contributed by atoms with Crippen molar-refractivity contribution in [2.45, 2.75) is 24.2 Å². The minimum absolute atomic E-state index is 0.561. The first-order chi connectivity index (χ1) is 9.75. The highest BCUT2D eigenvalue weighted by atomic mass is 32.2. The van der Waals surface area contributed by atoms with Gasteiger partial charge in [-0.1, -0.05) is 24.3 Å². The fourth-order valence-electron chi connectivity index (χ4n) is 2.57. The Bertz CT molecular complexity index is 612. The van der Waals surface area contributed by atoms with Gasteiger partial charge in [-0.25, -0.2) is 0 Å². The molecular weight excluding hydrogens is 266 g/mol. The third-order valence-corrected chi connectivity index (χ3v) is 5.17. The zero-order valence-corrected chi connectivity index (χ0v) is 12.5. The lowest BCUT2D eigenvalue weighted by molar-refractivity contribution is 0.273. The minimum Gasteiger partial charge on any atom is -0.493 e. The molecule has 0 saturated carbocycles. The summed E-state index contributed by atoms with van der Waals surface area (Å²) in [7, 11) is 0. The van der Waals surface area contributed by atoms with Crippen LogP contribution in [0.4, 0.5) is 5.69 Å². The van der Waals surface area contributed by atoms with E-state index in [0.717, 1.165) is 30.2 Å². The maximum absolute atomic E-state index is 5.97. The largest absolute Gasteiger partial charge is 0.493 e. The van der Waals surface area contributed by atoms with Crippen LogP contribution in [0.1, 0.15) is 23.5 Å². The van der Waals surface area contributed by atoms with E-state index in [2.05, 4.69) is 31.2 Å². The SMILES string of the molecule is Cc1c(N)cccc1SCC1CCOc2ccccc21. The van der Waals surface area contributed by atoms with Gasteiger partial charge in [-0.05, 0) is 42.7 Å². The van der Waals surface area contributed by atoms with Crippen LogP contribution in [0.2, 0.25) is 0 Å². The molecule has 1 atom stereocenters. The third-order valence-electron chi connectivity index (χ3n) is 3.85. The zero-order valence-electron chi connectivity index (χ0n) is 11.6. The molecule has 3 heteroatoms. The van der Waals surface area contributed by atoms with Crippen molar-refractivity contribution in [3.8, 4) is 5.75 Å². The first-order valence-electron chi connectivity index (χ1n) is 6.95. The van der Waals surface area contributed by atoms with Gasteiger partial charge in [0.15, 0.2) is 0 Å². The number of hydrogen-bond donors (Lipinski definition) is 1. The average molecular weight is 285 g/mol. The Morgan fingerprint density at radius 1 is 1.20 bits per heavy atom. The lowest BCUT2D eigenvalue weighted by Gasteiger charge is -2.25. The Hall–Kier alpha value is -1.61. The molecule has 0 radical (unpaired) electrons. The highest BCUT2D eigenvalue weighted by molar-refractivity contribution is 7.99. The number of nitrogen functional groups attached to an aromatic ring is 1. The van der Waals surface area contributed by atoms with Gasteiger partial charge < -0.3 is 10.5 Å². The van der Waals surface area contributed by atoms with Gasteiger partial charge in [-0.3, -0.25) is 0 Å². The molecule has 1 heterocycles. The van der Waals surface area contributed by atoms with Crippen LogP contribution in [0, 0.1) is 6.92 Å². The summed E-state index contributed by atoms with van der Waals surface area (Å²) in [6, 6.07) is 14.5. The fourth-order valence-corrected chi connectivity index (χ4v) is 3.80. The van der Waals surface area contributed by atoms with Gasteiger partial charge in [0.2, 0.25) is 0 Å². The van der Waals surface area contributed by atoms with E-state index in [1.165, 1.54) is 16.0 Å². The first kappa shape index (κ1) is 13.4. The summed E-state index contributed by atoms with van der Waals surface area (Å²) in [5.41, 5.74) is 9.38. The average Bonchev–Trinajstić information content (AvgIpc) is 2.49. The van der Waals surface area contributed by atoms with Crippen LogP contribution in [-0.2, 0) is 0 Å². The van der Waals surface area contributed by atoms with Crippen molar-refractivity contribution < 1.29 is 4.74 Å². The summed E-state index contributed by atoms with van der Waals surface area (Å²) in [6.45, 7) is 2.91. The summed E-state index contributed by atoms with van der Waals surface area (Å²) >= 11 is 1.90. The highest BCUT2D eigenvalue weighted by Crippen LogP contribution is 2.38. The molecule has 0 aliphatic carbocycles.